The van der Waals surface area contributed by atoms with Crippen LogP contribution < -0.4 is 5.32 Å². The lowest BCUT2D eigenvalue weighted by molar-refractivity contribution is 0.226. The summed E-state index contributed by atoms with van der Waals surface area (Å²) in [4.78, 5) is 2.41. The molecule has 16 heavy (non-hydrogen) atoms. The molecule has 0 aromatic heterocycles. The van der Waals surface area contributed by atoms with Gasteiger partial charge in [0.2, 0.25) is 0 Å². The number of nitrogens with zero attached hydrogens (tertiary/aromatic N) is 1. The van der Waals surface area contributed by atoms with E-state index in [0.29, 0.717) is 12.1 Å². The van der Waals surface area contributed by atoms with E-state index in [9.17, 15) is 0 Å². The molecule has 0 aliphatic carbocycles. The number of hydrogen-bond donors (Lipinski definition) is 1. The van der Waals surface area contributed by atoms with Gasteiger partial charge in [0.05, 0.1) is 0 Å². The van der Waals surface area contributed by atoms with Gasteiger partial charge in [-0.05, 0) is 45.5 Å². The molecular formula is C14H22N2. The Bertz CT molecular complexity index is 302. The summed E-state index contributed by atoms with van der Waals surface area (Å²) in [6.07, 6.45) is 2.54. The van der Waals surface area contributed by atoms with Crippen LogP contribution in [-0.2, 0) is 0 Å². The van der Waals surface area contributed by atoms with Crippen LogP contribution >= 0.6 is 0 Å². The summed E-state index contributed by atoms with van der Waals surface area (Å²) >= 11 is 0. The molecule has 0 bridgehead atoms. The summed E-state index contributed by atoms with van der Waals surface area (Å²) in [5, 5.41) is 3.73. The molecule has 2 nitrogen and oxygen atoms in total. The minimum Gasteiger partial charge on any atom is -0.307 e. The molecule has 1 N–H and O–H groups in total. The van der Waals surface area contributed by atoms with Crippen molar-refractivity contribution < 1.29 is 0 Å². The van der Waals surface area contributed by atoms with E-state index >= 15 is 0 Å². The first kappa shape index (κ1) is 11.6. The predicted molar refractivity (Wildman–Crippen MR) is 68.5 cm³/mol. The molecule has 1 heterocycles. The van der Waals surface area contributed by atoms with E-state index in [1.54, 1.807) is 0 Å². The van der Waals surface area contributed by atoms with E-state index in [2.05, 4.69) is 54.5 Å². The molecule has 2 heteroatoms. The first-order valence-electron chi connectivity index (χ1n) is 6.25. The number of piperidine rings is 1. The molecule has 0 radical (unpaired) electrons. The van der Waals surface area contributed by atoms with Crippen LogP contribution in [0.25, 0.3) is 0 Å². The van der Waals surface area contributed by atoms with Gasteiger partial charge < -0.3 is 10.2 Å². The molecular weight excluding hydrogens is 196 g/mol. The van der Waals surface area contributed by atoms with Gasteiger partial charge in [-0.25, -0.2) is 0 Å². The van der Waals surface area contributed by atoms with Crippen molar-refractivity contribution in [2.24, 2.45) is 0 Å². The first-order chi connectivity index (χ1) is 7.75. The Labute approximate surface area is 98.7 Å². The van der Waals surface area contributed by atoms with Crippen LogP contribution in [0.1, 0.15) is 31.4 Å². The van der Waals surface area contributed by atoms with Gasteiger partial charge >= 0.3 is 0 Å². The van der Waals surface area contributed by atoms with Crippen molar-refractivity contribution in [2.75, 3.05) is 20.1 Å². The van der Waals surface area contributed by atoms with E-state index in [1.807, 2.05) is 0 Å². The Morgan fingerprint density at radius 1 is 1.19 bits per heavy atom. The lowest BCUT2D eigenvalue weighted by Crippen LogP contribution is -2.41. The summed E-state index contributed by atoms with van der Waals surface area (Å²) in [5.74, 6) is 0. The smallest absolute Gasteiger partial charge is 0.0294 e. The Hall–Kier alpha value is -0.860. The highest BCUT2D eigenvalue weighted by Crippen LogP contribution is 2.16. The Morgan fingerprint density at radius 2 is 1.81 bits per heavy atom. The molecule has 1 fully saturated rings. The summed E-state index contributed by atoms with van der Waals surface area (Å²) < 4.78 is 0. The highest BCUT2D eigenvalue weighted by atomic mass is 15.1. The molecule has 0 spiro atoms. The molecule has 1 saturated heterocycles. The average molecular weight is 218 g/mol. The predicted octanol–water partition coefficient (Wildman–Crippen LogP) is 2.43. The normalized spacial score (nSPS) is 20.9. The van der Waals surface area contributed by atoms with E-state index < -0.39 is 0 Å². The van der Waals surface area contributed by atoms with Gasteiger partial charge in [-0.15, -0.1) is 0 Å². The van der Waals surface area contributed by atoms with Crippen molar-refractivity contribution in [1.29, 1.82) is 0 Å². The third-order valence-corrected chi connectivity index (χ3v) is 3.50. The van der Waals surface area contributed by atoms with Gasteiger partial charge in [0.1, 0.15) is 0 Å². The molecule has 0 unspecified atom stereocenters. The molecule has 1 aromatic rings. The second kappa shape index (κ2) is 5.46. The zero-order chi connectivity index (χ0) is 11.4. The molecule has 0 amide bonds. The Kier molecular flexibility index (Phi) is 3.97. The zero-order valence-electron chi connectivity index (χ0n) is 10.3. The summed E-state index contributed by atoms with van der Waals surface area (Å²) in [6.45, 7) is 4.70. The molecule has 88 valence electrons. The molecule has 2 rings (SSSR count). The zero-order valence-corrected chi connectivity index (χ0v) is 10.3. The second-order valence-electron chi connectivity index (χ2n) is 4.88. The Balaban J connectivity index is 1.86. The van der Waals surface area contributed by atoms with Crippen LogP contribution in [-0.4, -0.2) is 31.1 Å². The van der Waals surface area contributed by atoms with Crippen molar-refractivity contribution in [3.8, 4) is 0 Å². The number of likely N-dealkylation sites (tertiary alicyclic amines) is 1. The number of rotatable bonds is 3. The fraction of sp³-hybridized carbons (Fsp3) is 0.571. The second-order valence-corrected chi connectivity index (χ2v) is 4.88. The van der Waals surface area contributed by atoms with Crippen LogP contribution in [0, 0.1) is 0 Å². The molecule has 1 aliphatic heterocycles. The standard InChI is InChI=1S/C14H22N2/c1-12(13-6-4-3-5-7-13)15-14-8-10-16(2)11-9-14/h3-7,12,14-15H,8-11H2,1-2H3/t12-/m1/s1. The quantitative estimate of drug-likeness (QED) is 0.838. The number of hydrogen-bond acceptors (Lipinski definition) is 2. The van der Waals surface area contributed by atoms with Crippen LogP contribution in [0.15, 0.2) is 30.3 Å². The molecule has 1 atom stereocenters. The molecule has 0 saturated carbocycles. The maximum Gasteiger partial charge on any atom is 0.0294 e. The minimum atomic E-state index is 0.467. The summed E-state index contributed by atoms with van der Waals surface area (Å²) in [5.41, 5.74) is 1.39. The third-order valence-electron chi connectivity index (χ3n) is 3.50. The fourth-order valence-corrected chi connectivity index (χ4v) is 2.37. The number of benzene rings is 1. The summed E-state index contributed by atoms with van der Waals surface area (Å²) in [7, 11) is 2.21. The van der Waals surface area contributed by atoms with Crippen molar-refractivity contribution in [3.63, 3.8) is 0 Å². The van der Waals surface area contributed by atoms with Crippen molar-refractivity contribution >= 4 is 0 Å². The minimum absolute atomic E-state index is 0.467. The maximum atomic E-state index is 3.73. The van der Waals surface area contributed by atoms with Gasteiger partial charge in [0.15, 0.2) is 0 Å². The van der Waals surface area contributed by atoms with Gasteiger partial charge in [-0.2, -0.15) is 0 Å². The largest absolute Gasteiger partial charge is 0.307 e. The topological polar surface area (TPSA) is 15.3 Å². The van der Waals surface area contributed by atoms with Crippen molar-refractivity contribution in [3.05, 3.63) is 35.9 Å². The van der Waals surface area contributed by atoms with Crippen LogP contribution in [0.5, 0.6) is 0 Å². The van der Waals surface area contributed by atoms with Gasteiger partial charge in [-0.1, -0.05) is 30.3 Å². The van der Waals surface area contributed by atoms with E-state index in [0.717, 1.165) is 0 Å². The third kappa shape index (κ3) is 3.06. The lowest BCUT2D eigenvalue weighted by atomic mass is 10.0. The monoisotopic (exact) mass is 218 g/mol. The molecule has 1 aliphatic rings. The SMILES string of the molecule is C[C@@H](NC1CCN(C)CC1)c1ccccc1. The molecule has 1 aromatic carbocycles. The van der Waals surface area contributed by atoms with E-state index in [-0.39, 0.29) is 0 Å². The highest BCUT2D eigenvalue weighted by molar-refractivity contribution is 5.18. The van der Waals surface area contributed by atoms with Crippen LogP contribution in [0.3, 0.4) is 0 Å². The first-order valence-corrected chi connectivity index (χ1v) is 6.25. The lowest BCUT2D eigenvalue weighted by Gasteiger charge is -2.31. The van der Waals surface area contributed by atoms with E-state index in [4.69, 9.17) is 0 Å². The maximum absolute atomic E-state index is 3.73. The summed E-state index contributed by atoms with van der Waals surface area (Å²) in [6, 6.07) is 11.9. The fourth-order valence-electron chi connectivity index (χ4n) is 2.37. The van der Waals surface area contributed by atoms with E-state index in [1.165, 1.54) is 31.5 Å². The average Bonchev–Trinajstić information content (AvgIpc) is 2.33. The van der Waals surface area contributed by atoms with Crippen molar-refractivity contribution in [1.82, 2.24) is 10.2 Å². The van der Waals surface area contributed by atoms with Gasteiger partial charge in [0.25, 0.3) is 0 Å². The van der Waals surface area contributed by atoms with Gasteiger partial charge in [0, 0.05) is 12.1 Å². The van der Waals surface area contributed by atoms with Crippen LogP contribution in [0.4, 0.5) is 0 Å². The van der Waals surface area contributed by atoms with Gasteiger partial charge in [-0.3, -0.25) is 0 Å². The Morgan fingerprint density at radius 3 is 2.44 bits per heavy atom. The number of nitrogens with one attached hydrogen (secondary N) is 1. The van der Waals surface area contributed by atoms with Crippen LogP contribution in [0.2, 0.25) is 0 Å². The van der Waals surface area contributed by atoms with Crippen molar-refractivity contribution in [2.45, 2.75) is 31.8 Å². The highest BCUT2D eigenvalue weighted by Gasteiger charge is 2.18.